The van der Waals surface area contributed by atoms with Gasteiger partial charge in [-0.1, -0.05) is 36.4 Å². The van der Waals surface area contributed by atoms with Gasteiger partial charge in [0.25, 0.3) is 0 Å². The lowest BCUT2D eigenvalue weighted by Gasteiger charge is -2.51. The zero-order valence-corrected chi connectivity index (χ0v) is 20.8. The average Bonchev–Trinajstić information content (AvgIpc) is 2.95. The quantitative estimate of drug-likeness (QED) is 0.266. The second kappa shape index (κ2) is 9.52. The van der Waals surface area contributed by atoms with Gasteiger partial charge in [-0.2, -0.15) is 0 Å². The predicted molar refractivity (Wildman–Crippen MR) is 144 cm³/mol. The highest BCUT2D eigenvalue weighted by molar-refractivity contribution is 6.07. The normalized spacial score (nSPS) is 23.6. The summed E-state index contributed by atoms with van der Waals surface area (Å²) in [4.78, 5) is 20.8. The molecule has 1 aromatic heterocycles. The number of carbonyl (C=O) groups excluding carboxylic acids is 1. The first kappa shape index (κ1) is 23.5. The van der Waals surface area contributed by atoms with Crippen LogP contribution in [0.1, 0.15) is 34.9 Å². The second-order valence-corrected chi connectivity index (χ2v) is 10.0. The number of rotatable bonds is 6. The van der Waals surface area contributed by atoms with E-state index < -0.39 is 12.1 Å². The van der Waals surface area contributed by atoms with Crippen molar-refractivity contribution < 1.29 is 19.4 Å². The number of aromatic hydroxyl groups is 1. The van der Waals surface area contributed by atoms with Crippen LogP contribution in [0.4, 0.5) is 0 Å². The number of carbonyl (C=O) groups is 1. The molecule has 2 bridgehead atoms. The SMILES string of the molecule is C=C[C@H]1CN2CC[C@H]1C[C@H]2[C@H](OC(=O)c1c(O)ccc2ccccc12)c1ccnc2ccc(OC)cc12. The van der Waals surface area contributed by atoms with Crippen molar-refractivity contribution in [2.45, 2.75) is 25.0 Å². The minimum absolute atomic E-state index is 0.00724. The van der Waals surface area contributed by atoms with Crippen molar-refractivity contribution in [1.82, 2.24) is 9.88 Å². The van der Waals surface area contributed by atoms with Gasteiger partial charge < -0.3 is 14.6 Å². The minimum Gasteiger partial charge on any atom is -0.507 e. The molecule has 6 heteroatoms. The number of methoxy groups -OCH3 is 1. The third-order valence-corrected chi connectivity index (χ3v) is 8.14. The molecule has 3 aliphatic heterocycles. The van der Waals surface area contributed by atoms with E-state index in [2.05, 4.69) is 22.5 Å². The Labute approximate surface area is 216 Å². The lowest BCUT2D eigenvalue weighted by molar-refractivity contribution is -0.0568. The van der Waals surface area contributed by atoms with Crippen LogP contribution in [0.15, 0.2) is 79.5 Å². The number of hydrogen-bond acceptors (Lipinski definition) is 6. The van der Waals surface area contributed by atoms with Gasteiger partial charge in [-0.3, -0.25) is 9.88 Å². The Hall–Kier alpha value is -3.90. The van der Waals surface area contributed by atoms with Gasteiger partial charge in [0.15, 0.2) is 0 Å². The van der Waals surface area contributed by atoms with E-state index in [1.807, 2.05) is 54.6 Å². The van der Waals surface area contributed by atoms with Gasteiger partial charge in [0, 0.05) is 23.7 Å². The molecule has 4 aromatic rings. The van der Waals surface area contributed by atoms with Gasteiger partial charge in [0.05, 0.1) is 18.7 Å². The predicted octanol–water partition coefficient (Wildman–Crippen LogP) is 5.90. The average molecular weight is 495 g/mol. The molecule has 0 aliphatic carbocycles. The highest BCUT2D eigenvalue weighted by Gasteiger charge is 2.44. The fourth-order valence-electron chi connectivity index (χ4n) is 6.21. The summed E-state index contributed by atoms with van der Waals surface area (Å²) in [5.41, 5.74) is 1.90. The van der Waals surface area contributed by atoms with Gasteiger partial charge >= 0.3 is 5.97 Å². The number of esters is 1. The molecule has 0 amide bonds. The van der Waals surface area contributed by atoms with E-state index in [-0.39, 0.29) is 17.4 Å². The number of phenolic OH excluding ortho intramolecular Hbond substituents is 1. The van der Waals surface area contributed by atoms with Crippen LogP contribution in [0.3, 0.4) is 0 Å². The summed E-state index contributed by atoms with van der Waals surface area (Å²) >= 11 is 0. The molecular formula is C31H30N2O4. The first-order valence-electron chi connectivity index (χ1n) is 12.8. The molecule has 0 radical (unpaired) electrons. The highest BCUT2D eigenvalue weighted by atomic mass is 16.5. The molecular weight excluding hydrogens is 464 g/mol. The van der Waals surface area contributed by atoms with E-state index in [1.54, 1.807) is 19.4 Å². The molecule has 0 saturated carbocycles. The summed E-state index contributed by atoms with van der Waals surface area (Å²) in [6.45, 7) is 5.92. The Morgan fingerprint density at radius 3 is 2.81 bits per heavy atom. The van der Waals surface area contributed by atoms with E-state index in [4.69, 9.17) is 9.47 Å². The second-order valence-electron chi connectivity index (χ2n) is 10.0. The molecule has 5 atom stereocenters. The number of ether oxygens (including phenoxy) is 2. The summed E-state index contributed by atoms with van der Waals surface area (Å²) < 4.78 is 11.9. The molecule has 7 rings (SSSR count). The molecule has 3 aromatic carbocycles. The van der Waals surface area contributed by atoms with Gasteiger partial charge in [0.1, 0.15) is 23.2 Å². The van der Waals surface area contributed by atoms with Crippen molar-refractivity contribution in [2.24, 2.45) is 11.8 Å². The van der Waals surface area contributed by atoms with Crippen LogP contribution in [0, 0.1) is 11.8 Å². The zero-order valence-electron chi connectivity index (χ0n) is 20.8. The number of pyridine rings is 1. The van der Waals surface area contributed by atoms with Crippen LogP contribution in [0.2, 0.25) is 0 Å². The van der Waals surface area contributed by atoms with Crippen molar-refractivity contribution in [3.8, 4) is 11.5 Å². The van der Waals surface area contributed by atoms with Crippen LogP contribution in [0.25, 0.3) is 21.7 Å². The Morgan fingerprint density at radius 2 is 2.03 bits per heavy atom. The summed E-state index contributed by atoms with van der Waals surface area (Å²) in [5.74, 6) is 1.05. The van der Waals surface area contributed by atoms with Crippen LogP contribution in [-0.4, -0.2) is 47.2 Å². The maximum Gasteiger partial charge on any atom is 0.343 e. The number of hydrogen-bond donors (Lipinski definition) is 1. The van der Waals surface area contributed by atoms with E-state index in [9.17, 15) is 9.90 Å². The first-order chi connectivity index (χ1) is 18.1. The maximum absolute atomic E-state index is 13.8. The zero-order chi connectivity index (χ0) is 25.5. The number of nitrogens with zero attached hydrogens (tertiary/aromatic N) is 2. The Morgan fingerprint density at radius 1 is 1.16 bits per heavy atom. The van der Waals surface area contributed by atoms with Gasteiger partial charge in [0.2, 0.25) is 0 Å². The third kappa shape index (κ3) is 4.11. The Balaban J connectivity index is 1.46. The fourth-order valence-corrected chi connectivity index (χ4v) is 6.21. The van der Waals surface area contributed by atoms with Crippen molar-refractivity contribution >= 4 is 27.6 Å². The van der Waals surface area contributed by atoms with Gasteiger partial charge in [-0.05, 0) is 72.3 Å². The third-order valence-electron chi connectivity index (χ3n) is 8.14. The smallest absolute Gasteiger partial charge is 0.343 e. The molecule has 4 heterocycles. The van der Waals surface area contributed by atoms with Gasteiger partial charge in [-0.15, -0.1) is 6.58 Å². The molecule has 3 fully saturated rings. The first-order valence-corrected chi connectivity index (χ1v) is 12.8. The maximum atomic E-state index is 13.8. The van der Waals surface area contributed by atoms with Crippen LogP contribution >= 0.6 is 0 Å². The van der Waals surface area contributed by atoms with E-state index in [1.165, 1.54) is 0 Å². The fraction of sp³-hybridized carbons (Fsp3) is 0.290. The number of piperidine rings is 3. The van der Waals surface area contributed by atoms with Crippen LogP contribution < -0.4 is 4.74 Å². The Kier molecular flexibility index (Phi) is 6.05. The number of phenols is 1. The van der Waals surface area contributed by atoms with Crippen LogP contribution in [0.5, 0.6) is 11.5 Å². The standard InChI is InChI=1S/C31H30N2O4/c1-3-19-18-33-15-13-21(19)16-27(33)30(24-12-14-32-26-10-9-22(36-2)17-25(24)26)37-31(35)29-23-7-5-4-6-20(23)8-11-28(29)34/h3-12,14,17,19,21,27,30,34H,1,13,15-16,18H2,2H3/t19-,21-,27-,30+/m0/s1. The molecule has 3 aliphatic rings. The van der Waals surface area contributed by atoms with Crippen molar-refractivity contribution in [3.63, 3.8) is 0 Å². The van der Waals surface area contributed by atoms with E-state index in [0.717, 1.165) is 53.5 Å². The monoisotopic (exact) mass is 494 g/mol. The Bertz CT molecular complexity index is 1500. The molecule has 1 N–H and O–H groups in total. The van der Waals surface area contributed by atoms with E-state index >= 15 is 0 Å². The van der Waals surface area contributed by atoms with Crippen molar-refractivity contribution in [3.05, 3.63) is 90.6 Å². The summed E-state index contributed by atoms with van der Waals surface area (Å²) in [5, 5.41) is 13.2. The lowest BCUT2D eigenvalue weighted by Crippen LogP contribution is -2.55. The highest BCUT2D eigenvalue weighted by Crippen LogP contribution is 2.44. The molecule has 37 heavy (non-hydrogen) atoms. The number of fused-ring (bicyclic) bond motifs is 5. The largest absolute Gasteiger partial charge is 0.507 e. The number of aromatic nitrogens is 1. The molecule has 188 valence electrons. The van der Waals surface area contributed by atoms with Crippen LogP contribution in [-0.2, 0) is 4.74 Å². The molecule has 3 saturated heterocycles. The number of benzene rings is 3. The topological polar surface area (TPSA) is 71.9 Å². The summed E-state index contributed by atoms with van der Waals surface area (Å²) in [6, 6.07) is 18.6. The van der Waals surface area contributed by atoms with Crippen molar-refractivity contribution in [2.75, 3.05) is 20.2 Å². The molecule has 0 spiro atoms. The van der Waals surface area contributed by atoms with Crippen molar-refractivity contribution in [1.29, 1.82) is 0 Å². The van der Waals surface area contributed by atoms with E-state index in [0.29, 0.717) is 17.2 Å². The summed E-state index contributed by atoms with van der Waals surface area (Å²) in [6.07, 6.45) is 5.31. The lowest BCUT2D eigenvalue weighted by atomic mass is 9.73. The summed E-state index contributed by atoms with van der Waals surface area (Å²) in [7, 11) is 1.64. The van der Waals surface area contributed by atoms with Gasteiger partial charge in [-0.25, -0.2) is 4.79 Å². The molecule has 6 nitrogen and oxygen atoms in total. The minimum atomic E-state index is -0.544. The molecule has 1 unspecified atom stereocenters.